The number of nitrogens with one attached hydrogen (secondary N) is 2. The average Bonchev–Trinajstić information content (AvgIpc) is 3.05. The minimum Gasteiger partial charge on any atom is -0.355 e. The summed E-state index contributed by atoms with van der Waals surface area (Å²) in [6.45, 7) is 0. The monoisotopic (exact) mass is 502 g/mol. The molecule has 1 aromatic carbocycles. The Morgan fingerprint density at radius 3 is 2.64 bits per heavy atom. The Balaban J connectivity index is 2.05. The zero-order valence-corrected chi connectivity index (χ0v) is 18.1. The average molecular weight is 505 g/mol. The molecule has 2 aromatic heterocycles. The van der Waals surface area contributed by atoms with Gasteiger partial charge in [0.2, 0.25) is 5.82 Å². The molecule has 0 bridgehead atoms. The number of carbonyl (C=O) groups excluding carboxylic acids is 2. The number of hydrogen-bond donors (Lipinski definition) is 2. The van der Waals surface area contributed by atoms with Gasteiger partial charge in [0.25, 0.3) is 16.8 Å². The highest BCUT2D eigenvalue weighted by Crippen LogP contribution is 2.31. The van der Waals surface area contributed by atoms with E-state index in [4.69, 9.17) is 34.8 Å². The third-order valence-corrected chi connectivity index (χ3v) is 4.85. The van der Waals surface area contributed by atoms with E-state index in [2.05, 4.69) is 36.6 Å². The maximum atomic E-state index is 13.0. The van der Waals surface area contributed by atoms with Crippen molar-refractivity contribution in [2.24, 2.45) is 0 Å². The van der Waals surface area contributed by atoms with Crippen molar-refractivity contribution >= 4 is 56.6 Å². The van der Waals surface area contributed by atoms with Crippen LogP contribution in [0.3, 0.4) is 0 Å². The molecule has 0 aliphatic heterocycles. The van der Waals surface area contributed by atoms with Crippen molar-refractivity contribution in [1.82, 2.24) is 20.1 Å². The van der Waals surface area contributed by atoms with E-state index in [0.29, 0.717) is 15.4 Å². The van der Waals surface area contributed by atoms with E-state index in [9.17, 15) is 9.59 Å². The summed E-state index contributed by atoms with van der Waals surface area (Å²) >= 11 is 20.7. The Hall–Kier alpha value is -2.13. The minimum atomic E-state index is -0.562. The summed E-state index contributed by atoms with van der Waals surface area (Å²) in [5, 5.41) is 10.2. The van der Waals surface area contributed by atoms with Gasteiger partial charge in [0, 0.05) is 30.4 Å². The number of halogens is 4. The van der Waals surface area contributed by atoms with Crippen LogP contribution in [0.25, 0.3) is 5.82 Å². The summed E-state index contributed by atoms with van der Waals surface area (Å²) in [6.07, 6.45) is 1.54. The van der Waals surface area contributed by atoms with Gasteiger partial charge in [-0.05, 0) is 34.1 Å². The fourth-order valence-corrected chi connectivity index (χ4v) is 3.54. The van der Waals surface area contributed by atoms with Gasteiger partial charge in [-0.15, -0.1) is 0 Å². The number of pyridine rings is 1. The van der Waals surface area contributed by atoms with Crippen LogP contribution in [0.1, 0.15) is 20.8 Å². The summed E-state index contributed by atoms with van der Waals surface area (Å²) in [4.78, 5) is 29.3. The first kappa shape index (κ1) is 20.6. The van der Waals surface area contributed by atoms with Crippen LogP contribution in [0, 0.1) is 11.6 Å². The van der Waals surface area contributed by atoms with E-state index >= 15 is 0 Å². The van der Waals surface area contributed by atoms with Gasteiger partial charge in [-0.1, -0.05) is 23.2 Å². The molecule has 11 heteroatoms. The van der Waals surface area contributed by atoms with Gasteiger partial charge in [0.15, 0.2) is 11.6 Å². The highest BCUT2D eigenvalue weighted by Gasteiger charge is 2.23. The Labute approximate surface area is 183 Å². The molecule has 144 valence electrons. The molecule has 2 heterocycles. The molecule has 2 N–H and O–H groups in total. The number of benzene rings is 1. The molecular formula is C17H12BrCl3N5O2+. The number of hydrogen-bond acceptors (Lipinski definition) is 4. The van der Waals surface area contributed by atoms with Gasteiger partial charge in [-0.2, -0.15) is 5.10 Å². The SMILES string of the molecule is CNC(=O)c1cc(Cl)cc(Cl)c1NC(=O)c1cc(Br)nn1-c1ncccc1[ClH+]. The van der Waals surface area contributed by atoms with Gasteiger partial charge in [-0.3, -0.25) is 9.59 Å². The van der Waals surface area contributed by atoms with Crippen molar-refractivity contribution in [3.05, 3.63) is 67.5 Å². The summed E-state index contributed by atoms with van der Waals surface area (Å²) in [5.74, 6) is -0.693. The number of nitrogens with zero attached hydrogens (tertiary/aromatic N) is 3. The Morgan fingerprint density at radius 2 is 1.96 bits per heavy atom. The Kier molecular flexibility index (Phi) is 6.24. The Bertz CT molecular complexity index is 1090. The van der Waals surface area contributed by atoms with Crippen LogP contribution < -0.4 is 10.6 Å². The van der Waals surface area contributed by atoms with Gasteiger partial charge >= 0.3 is 0 Å². The number of rotatable bonds is 4. The lowest BCUT2D eigenvalue weighted by Gasteiger charge is -2.13. The molecule has 0 aliphatic carbocycles. The number of amides is 2. The predicted octanol–water partition coefficient (Wildman–Crippen LogP) is 3.64. The topological polar surface area (TPSA) is 88.9 Å². The van der Waals surface area contributed by atoms with E-state index < -0.39 is 11.8 Å². The first-order valence-electron chi connectivity index (χ1n) is 7.72. The largest absolute Gasteiger partial charge is 0.355 e. The fraction of sp³-hybridized carbons (Fsp3) is 0.0588. The first-order valence-corrected chi connectivity index (χ1v) is 9.68. The molecule has 0 fully saturated rings. The van der Waals surface area contributed by atoms with Crippen LogP contribution in [0.5, 0.6) is 0 Å². The lowest BCUT2D eigenvalue weighted by molar-refractivity contribution is -0.289. The maximum absolute atomic E-state index is 13.0. The van der Waals surface area contributed by atoms with Crippen LogP contribution in [0.2, 0.25) is 15.1 Å². The van der Waals surface area contributed by atoms with Crippen LogP contribution in [0.4, 0.5) is 5.69 Å². The highest BCUT2D eigenvalue weighted by atomic mass is 79.9. The third-order valence-electron chi connectivity index (χ3n) is 3.63. The first-order chi connectivity index (χ1) is 13.3. The van der Waals surface area contributed by atoms with Crippen molar-refractivity contribution in [2.75, 3.05) is 12.4 Å². The molecular weight excluding hydrogens is 492 g/mol. The molecule has 0 spiro atoms. The van der Waals surface area contributed by atoms with Gasteiger partial charge < -0.3 is 10.6 Å². The number of anilines is 1. The molecule has 7 nitrogen and oxygen atoms in total. The molecule has 2 amide bonds. The second-order valence-corrected chi connectivity index (χ2v) is 7.53. The van der Waals surface area contributed by atoms with E-state index in [0.717, 1.165) is 0 Å². The smallest absolute Gasteiger partial charge is 0.274 e. The molecule has 0 radical (unpaired) electrons. The molecule has 0 atom stereocenters. The number of carbonyl (C=O) groups is 2. The third kappa shape index (κ3) is 4.15. The molecule has 28 heavy (non-hydrogen) atoms. The van der Waals surface area contributed by atoms with Crippen LogP contribution >= 0.6 is 39.1 Å². The van der Waals surface area contributed by atoms with Gasteiger partial charge in [0.05, 0.1) is 16.3 Å². The van der Waals surface area contributed by atoms with Crippen LogP contribution in [0.15, 0.2) is 41.1 Å². The molecule has 3 aromatic rings. The molecule has 0 saturated carbocycles. The van der Waals surface area contributed by atoms with E-state index in [1.807, 2.05) is 0 Å². The maximum Gasteiger partial charge on any atom is 0.274 e. The molecule has 3 rings (SSSR count). The number of aromatic nitrogens is 3. The molecule has 0 saturated heterocycles. The zero-order valence-electron chi connectivity index (χ0n) is 14.2. The van der Waals surface area contributed by atoms with Crippen molar-refractivity contribution in [3.8, 4) is 5.82 Å². The lowest BCUT2D eigenvalue weighted by atomic mass is 10.1. The van der Waals surface area contributed by atoms with Gasteiger partial charge in [0.1, 0.15) is 10.3 Å². The second kappa shape index (κ2) is 8.48. The van der Waals surface area contributed by atoms with E-state index in [1.165, 1.54) is 29.9 Å². The highest BCUT2D eigenvalue weighted by molar-refractivity contribution is 9.10. The van der Waals surface area contributed by atoms with Gasteiger partial charge in [-0.25, -0.2) is 9.67 Å². The van der Waals surface area contributed by atoms with E-state index in [-0.39, 0.29) is 27.0 Å². The predicted molar refractivity (Wildman–Crippen MR) is 107 cm³/mol. The van der Waals surface area contributed by atoms with Crippen molar-refractivity contribution in [1.29, 1.82) is 0 Å². The lowest BCUT2D eigenvalue weighted by Crippen LogP contribution is -2.23. The van der Waals surface area contributed by atoms with E-state index in [1.54, 1.807) is 18.3 Å². The minimum absolute atomic E-state index is 0.117. The van der Waals surface area contributed by atoms with Crippen molar-refractivity contribution in [2.45, 2.75) is 0 Å². The van der Waals surface area contributed by atoms with Crippen molar-refractivity contribution < 1.29 is 21.2 Å². The molecule has 0 aliphatic rings. The normalized spacial score (nSPS) is 10.6. The fourth-order valence-electron chi connectivity index (χ4n) is 2.41. The zero-order chi connectivity index (χ0) is 20.4. The summed E-state index contributed by atoms with van der Waals surface area (Å²) in [6, 6.07) is 7.71. The standard InChI is InChI=1S/C17H11BrCl3N5O2/c1-22-16(27)9-5-8(19)6-11(21)14(9)24-17(28)12-7-13(18)25-26(12)15-10(20)3-2-4-23-15/h2-7,20H,1H3,(H-,22,24,27,28)/p+1. The van der Waals surface area contributed by atoms with Crippen LogP contribution in [-0.2, 0) is 0 Å². The summed E-state index contributed by atoms with van der Waals surface area (Å²) in [7, 11) is 1.46. The quantitative estimate of drug-likeness (QED) is 0.568. The molecule has 0 unspecified atom stereocenters. The van der Waals surface area contributed by atoms with Crippen LogP contribution in [-0.4, -0.2) is 33.6 Å². The summed E-state index contributed by atoms with van der Waals surface area (Å²) in [5.41, 5.74) is 0.393. The second-order valence-electron chi connectivity index (χ2n) is 5.43. The Morgan fingerprint density at radius 1 is 1.21 bits per heavy atom. The summed E-state index contributed by atoms with van der Waals surface area (Å²) < 4.78 is 1.72. The van der Waals surface area contributed by atoms with Crippen molar-refractivity contribution in [3.63, 3.8) is 0 Å².